The zero-order chi connectivity index (χ0) is 71.1. The molecule has 0 heterocycles. The summed E-state index contributed by atoms with van der Waals surface area (Å²) in [7, 11) is 0. The summed E-state index contributed by atoms with van der Waals surface area (Å²) in [5.41, 5.74) is 34.9. The van der Waals surface area contributed by atoms with Crippen LogP contribution in [0.25, 0.3) is 0 Å². The summed E-state index contributed by atoms with van der Waals surface area (Å²) >= 11 is 0. The molecule has 27 nitrogen and oxygen atoms in total. The summed E-state index contributed by atoms with van der Waals surface area (Å²) in [5.74, 6) is -7.99. The predicted octanol–water partition coefficient (Wildman–Crippen LogP) is 1.49. The summed E-state index contributed by atoms with van der Waals surface area (Å²) in [5, 5.41) is 28.1. The van der Waals surface area contributed by atoms with E-state index in [4.69, 9.17) is 34.4 Å². The Bertz CT molecular complexity index is 2270. The standard InChI is InChI=1S/C66H128N16O11/c1-38(2)31-49(56(72)83)76-63(90)52(34-41(7)8)82-66(93)55(37-44(13)14)79-60(87)48(26-18-22-30-70)75-62(89)51(33-40(5)6)81-65(92)54(36-43(11)12)78-59(86)47(25-17-21-29-69)74-61(88)50(32-39(3)4)80-64(91)53(35-42(9)10)77-58(85)46(24-16-20-28-68)73-57(84)45(71)23-15-19-27-67/h38-55H,15-37,67-71H2,1-14H3,(H2,72,83)(H,73,84)(H,74,88)(H,75,89)(H,76,90)(H,77,85)(H,78,86)(H,79,87)(H,80,91)(H,81,92)(H,82,93)/t45-,46-,47-,48+,49-,50+,51-,52-,53+,54-,55+/m0/s1. The molecule has 0 rings (SSSR count). The van der Waals surface area contributed by atoms with Crippen LogP contribution < -0.4 is 87.6 Å². The molecule has 0 aliphatic rings. The summed E-state index contributed by atoms with van der Waals surface area (Å²) in [6.07, 6.45) is 6.18. The highest BCUT2D eigenvalue weighted by Crippen LogP contribution is 2.17. The molecule has 0 saturated carbocycles. The predicted molar refractivity (Wildman–Crippen MR) is 364 cm³/mol. The SMILES string of the molecule is CC(C)C[C@H](NC(=O)[C@H](CC(C)C)NC(=O)[C@@H](CC(C)C)NC(=O)[C@@H](CCCCN)NC(=O)[C@H](CC(C)C)NC(=O)[C@H](CC(C)C)NC(=O)[C@H](CCCCN)NC(=O)[C@@H](CC(C)C)NC(=O)[C@@H](CC(C)C)NC(=O)[C@H](CCCCN)NC(=O)[C@@H](N)CCCCN)C(N)=O. The molecule has 538 valence electrons. The summed E-state index contributed by atoms with van der Waals surface area (Å²) in [4.78, 5) is 154. The van der Waals surface area contributed by atoms with E-state index in [2.05, 4.69) is 53.2 Å². The van der Waals surface area contributed by atoms with Crippen molar-refractivity contribution in [1.82, 2.24) is 53.2 Å². The van der Waals surface area contributed by atoms with Gasteiger partial charge in [-0.25, -0.2) is 0 Å². The van der Waals surface area contributed by atoms with Gasteiger partial charge in [-0.15, -0.1) is 0 Å². The summed E-state index contributed by atoms with van der Waals surface area (Å²) < 4.78 is 0. The highest BCUT2D eigenvalue weighted by atomic mass is 16.2. The fourth-order valence-corrected chi connectivity index (χ4v) is 10.6. The minimum Gasteiger partial charge on any atom is -0.368 e. The minimum absolute atomic E-state index is 0.0280. The molecule has 0 unspecified atom stereocenters. The van der Waals surface area contributed by atoms with E-state index in [0.29, 0.717) is 77.4 Å². The Labute approximate surface area is 556 Å². The molecule has 22 N–H and O–H groups in total. The molecular weight excluding hydrogens is 1190 g/mol. The van der Waals surface area contributed by atoms with Gasteiger partial charge in [0.05, 0.1) is 6.04 Å². The van der Waals surface area contributed by atoms with Crippen molar-refractivity contribution in [2.75, 3.05) is 26.2 Å². The third kappa shape index (κ3) is 38.2. The van der Waals surface area contributed by atoms with Crippen LogP contribution in [-0.2, 0) is 52.7 Å². The second kappa shape index (κ2) is 47.8. The lowest BCUT2D eigenvalue weighted by Gasteiger charge is -2.30. The van der Waals surface area contributed by atoms with Gasteiger partial charge in [-0.1, -0.05) is 103 Å². The Morgan fingerprint density at radius 1 is 0.237 bits per heavy atom. The number of unbranched alkanes of at least 4 members (excludes halogenated alkanes) is 4. The molecule has 0 aromatic rings. The van der Waals surface area contributed by atoms with Gasteiger partial charge in [0.1, 0.15) is 60.4 Å². The lowest BCUT2D eigenvalue weighted by atomic mass is 9.98. The number of primary amides is 1. The molecule has 0 aliphatic carbocycles. The third-order valence-electron chi connectivity index (χ3n) is 15.5. The van der Waals surface area contributed by atoms with Crippen molar-refractivity contribution >= 4 is 65.0 Å². The third-order valence-corrected chi connectivity index (χ3v) is 15.5. The molecule has 0 saturated heterocycles. The molecule has 0 aromatic heterocycles. The molecule has 0 radical (unpaired) electrons. The Morgan fingerprint density at radius 2 is 0.398 bits per heavy atom. The Morgan fingerprint density at radius 3 is 0.591 bits per heavy atom. The van der Waals surface area contributed by atoms with Gasteiger partial charge in [-0.3, -0.25) is 52.7 Å². The quantitative estimate of drug-likeness (QED) is 0.0384. The second-order valence-corrected chi connectivity index (χ2v) is 28.2. The maximum atomic E-state index is 14.6. The molecule has 0 bridgehead atoms. The Balaban J connectivity index is 7.03. The average molecular weight is 1320 g/mol. The van der Waals surface area contributed by atoms with Crippen molar-refractivity contribution in [2.24, 2.45) is 75.8 Å². The van der Waals surface area contributed by atoms with Crippen molar-refractivity contribution < 1.29 is 52.7 Å². The first-order valence-corrected chi connectivity index (χ1v) is 34.5. The monoisotopic (exact) mass is 1320 g/mol. The second-order valence-electron chi connectivity index (χ2n) is 28.2. The molecule has 0 spiro atoms. The van der Waals surface area contributed by atoms with E-state index in [1.54, 1.807) is 0 Å². The largest absolute Gasteiger partial charge is 0.368 e. The van der Waals surface area contributed by atoms with Gasteiger partial charge in [-0.05, 0) is 183 Å². The number of carbonyl (C=O) groups excluding carboxylic acids is 11. The van der Waals surface area contributed by atoms with Crippen LogP contribution in [0.4, 0.5) is 0 Å². The summed E-state index contributed by atoms with van der Waals surface area (Å²) in [6.45, 7) is 27.5. The van der Waals surface area contributed by atoms with Gasteiger partial charge in [0.2, 0.25) is 65.0 Å². The van der Waals surface area contributed by atoms with Crippen LogP contribution in [0.5, 0.6) is 0 Å². The van der Waals surface area contributed by atoms with E-state index in [1.165, 1.54) is 0 Å². The van der Waals surface area contributed by atoms with Crippen LogP contribution in [0.3, 0.4) is 0 Å². The van der Waals surface area contributed by atoms with Gasteiger partial charge in [0.15, 0.2) is 0 Å². The molecule has 0 aliphatic heterocycles. The first-order valence-electron chi connectivity index (χ1n) is 34.5. The highest BCUT2D eigenvalue weighted by Gasteiger charge is 2.37. The van der Waals surface area contributed by atoms with Gasteiger partial charge in [0.25, 0.3) is 0 Å². The van der Waals surface area contributed by atoms with Crippen molar-refractivity contribution in [3.8, 4) is 0 Å². The van der Waals surface area contributed by atoms with Crippen molar-refractivity contribution in [2.45, 2.75) is 285 Å². The molecular formula is C66H128N16O11. The lowest BCUT2D eigenvalue weighted by molar-refractivity contribution is -0.136. The van der Waals surface area contributed by atoms with Crippen molar-refractivity contribution in [1.29, 1.82) is 0 Å². The number of nitrogens with two attached hydrogens (primary N) is 6. The minimum atomic E-state index is -1.23. The van der Waals surface area contributed by atoms with Crippen LogP contribution in [0, 0.1) is 41.4 Å². The fraction of sp³-hybridized carbons (Fsp3) is 0.833. The number of hydrogen-bond donors (Lipinski definition) is 16. The summed E-state index contributed by atoms with van der Waals surface area (Å²) in [6, 6.07) is -12.3. The van der Waals surface area contributed by atoms with Gasteiger partial charge >= 0.3 is 0 Å². The molecule has 93 heavy (non-hydrogen) atoms. The van der Waals surface area contributed by atoms with Gasteiger partial charge in [0, 0.05) is 0 Å². The topological polar surface area (TPSA) is 464 Å². The average Bonchev–Trinajstić information content (AvgIpc) is 1.72. The van der Waals surface area contributed by atoms with E-state index < -0.39 is 131 Å². The van der Waals surface area contributed by atoms with Gasteiger partial charge < -0.3 is 87.6 Å². The van der Waals surface area contributed by atoms with Crippen molar-refractivity contribution in [3.05, 3.63) is 0 Å². The fourth-order valence-electron chi connectivity index (χ4n) is 10.6. The van der Waals surface area contributed by atoms with Crippen LogP contribution in [0.2, 0.25) is 0 Å². The zero-order valence-corrected chi connectivity index (χ0v) is 59.1. The maximum absolute atomic E-state index is 14.6. The highest BCUT2D eigenvalue weighted by molar-refractivity contribution is 5.99. The van der Waals surface area contributed by atoms with E-state index in [9.17, 15) is 52.7 Å². The number of hydrogen-bond acceptors (Lipinski definition) is 16. The number of carbonyl (C=O) groups is 11. The van der Waals surface area contributed by atoms with E-state index >= 15 is 0 Å². The first kappa shape index (κ1) is 87.0. The van der Waals surface area contributed by atoms with E-state index in [-0.39, 0.29) is 112 Å². The van der Waals surface area contributed by atoms with Crippen molar-refractivity contribution in [3.63, 3.8) is 0 Å². The molecule has 0 aromatic carbocycles. The van der Waals surface area contributed by atoms with E-state index in [1.807, 2.05) is 96.9 Å². The van der Waals surface area contributed by atoms with Crippen LogP contribution in [0.15, 0.2) is 0 Å². The normalized spacial score (nSPS) is 15.2. The smallest absolute Gasteiger partial charge is 0.243 e. The molecule has 11 amide bonds. The molecule has 27 heteroatoms. The van der Waals surface area contributed by atoms with Crippen LogP contribution in [0.1, 0.15) is 219 Å². The molecule has 11 atom stereocenters. The lowest BCUT2D eigenvalue weighted by Crippen LogP contribution is -2.61. The van der Waals surface area contributed by atoms with E-state index in [0.717, 1.165) is 0 Å². The number of amides is 11. The maximum Gasteiger partial charge on any atom is 0.243 e. The zero-order valence-electron chi connectivity index (χ0n) is 59.1. The van der Waals surface area contributed by atoms with Crippen LogP contribution >= 0.6 is 0 Å². The number of rotatable bonds is 51. The Kier molecular flexibility index (Phi) is 44.7. The molecule has 0 fully saturated rings. The Hall–Kier alpha value is -6.03. The number of nitrogens with one attached hydrogen (secondary N) is 10. The van der Waals surface area contributed by atoms with Crippen LogP contribution in [-0.4, -0.2) is 158 Å². The first-order chi connectivity index (χ1) is 43.6. The van der Waals surface area contributed by atoms with Gasteiger partial charge in [-0.2, -0.15) is 0 Å².